The van der Waals surface area contributed by atoms with Crippen LogP contribution in [0.2, 0.25) is 0 Å². The second-order valence-corrected chi connectivity index (χ2v) is 5.56. The molecule has 106 valence electrons. The van der Waals surface area contributed by atoms with Crippen molar-refractivity contribution in [2.24, 2.45) is 11.7 Å². The largest absolute Gasteiger partial charge is 0.381 e. The fourth-order valence-electron chi connectivity index (χ4n) is 2.52. The quantitative estimate of drug-likeness (QED) is 0.888. The Bertz CT molecular complexity index is 400. The van der Waals surface area contributed by atoms with Crippen LogP contribution in [-0.2, 0) is 9.47 Å². The van der Waals surface area contributed by atoms with E-state index in [0.717, 1.165) is 32.7 Å². The second-order valence-electron chi connectivity index (χ2n) is 5.56. The summed E-state index contributed by atoms with van der Waals surface area (Å²) in [6.45, 7) is 7.35. The summed E-state index contributed by atoms with van der Waals surface area (Å²) in [6.07, 6.45) is 2.22. The van der Waals surface area contributed by atoms with Crippen molar-refractivity contribution in [1.29, 1.82) is 0 Å². The normalized spacial score (nSPS) is 18.5. The third-order valence-electron chi connectivity index (χ3n) is 3.83. The molecule has 2 rings (SSSR count). The molecule has 0 aromatic heterocycles. The van der Waals surface area contributed by atoms with Crippen LogP contribution in [0.5, 0.6) is 0 Å². The zero-order chi connectivity index (χ0) is 13.7. The van der Waals surface area contributed by atoms with E-state index in [1.54, 1.807) is 0 Å². The summed E-state index contributed by atoms with van der Waals surface area (Å²) in [7, 11) is 0. The van der Waals surface area contributed by atoms with Gasteiger partial charge in [0.1, 0.15) is 0 Å². The molecule has 2 N–H and O–H groups in total. The van der Waals surface area contributed by atoms with Gasteiger partial charge in [0, 0.05) is 19.8 Å². The summed E-state index contributed by atoms with van der Waals surface area (Å²) in [6, 6.07) is 6.38. The molecule has 1 fully saturated rings. The van der Waals surface area contributed by atoms with E-state index in [1.165, 1.54) is 16.7 Å². The van der Waals surface area contributed by atoms with Gasteiger partial charge in [-0.15, -0.1) is 0 Å². The smallest absolute Gasteiger partial charge is 0.0659 e. The van der Waals surface area contributed by atoms with Gasteiger partial charge in [-0.05, 0) is 43.7 Å². The van der Waals surface area contributed by atoms with E-state index in [0.29, 0.717) is 12.5 Å². The summed E-state index contributed by atoms with van der Waals surface area (Å²) in [5, 5.41) is 0. The van der Waals surface area contributed by atoms with Crippen LogP contribution in [0.1, 0.15) is 35.6 Å². The van der Waals surface area contributed by atoms with Crippen molar-refractivity contribution in [1.82, 2.24) is 0 Å². The molecule has 3 heteroatoms. The molecule has 1 aromatic rings. The Hall–Kier alpha value is -0.900. The van der Waals surface area contributed by atoms with Crippen molar-refractivity contribution < 1.29 is 9.47 Å². The van der Waals surface area contributed by atoms with Crippen molar-refractivity contribution in [2.45, 2.75) is 32.7 Å². The Labute approximate surface area is 116 Å². The molecule has 1 unspecified atom stereocenters. The van der Waals surface area contributed by atoms with E-state index in [1.807, 2.05) is 0 Å². The Kier molecular flexibility index (Phi) is 5.37. The van der Waals surface area contributed by atoms with E-state index in [-0.39, 0.29) is 6.04 Å². The third kappa shape index (κ3) is 4.30. The summed E-state index contributed by atoms with van der Waals surface area (Å²) in [5.74, 6) is 0.638. The predicted molar refractivity (Wildman–Crippen MR) is 77.2 cm³/mol. The highest BCUT2D eigenvalue weighted by Crippen LogP contribution is 2.19. The molecule has 19 heavy (non-hydrogen) atoms. The minimum absolute atomic E-state index is 0.0280. The lowest BCUT2D eigenvalue weighted by Crippen LogP contribution is -2.24. The average molecular weight is 263 g/mol. The van der Waals surface area contributed by atoms with Gasteiger partial charge in [0.25, 0.3) is 0 Å². The first-order valence-electron chi connectivity index (χ1n) is 7.15. The highest BCUT2D eigenvalue weighted by Gasteiger charge is 2.15. The number of rotatable bonds is 5. The Morgan fingerprint density at radius 3 is 2.79 bits per heavy atom. The number of hydrogen-bond acceptors (Lipinski definition) is 3. The summed E-state index contributed by atoms with van der Waals surface area (Å²) in [5.41, 5.74) is 9.93. The minimum Gasteiger partial charge on any atom is -0.381 e. The molecule has 1 aliphatic heterocycles. The Morgan fingerprint density at radius 1 is 1.32 bits per heavy atom. The number of benzene rings is 1. The molecule has 1 heterocycles. The highest BCUT2D eigenvalue weighted by molar-refractivity contribution is 5.32. The molecule has 3 nitrogen and oxygen atoms in total. The maximum absolute atomic E-state index is 6.23. The Balaban J connectivity index is 1.80. The first-order chi connectivity index (χ1) is 9.16. The van der Waals surface area contributed by atoms with Crippen LogP contribution in [0.15, 0.2) is 18.2 Å². The molecule has 0 bridgehead atoms. The van der Waals surface area contributed by atoms with Gasteiger partial charge in [-0.25, -0.2) is 0 Å². The van der Waals surface area contributed by atoms with Crippen LogP contribution in [-0.4, -0.2) is 26.4 Å². The van der Waals surface area contributed by atoms with Crippen LogP contribution in [0.4, 0.5) is 0 Å². The van der Waals surface area contributed by atoms with E-state index >= 15 is 0 Å². The lowest BCUT2D eigenvalue weighted by Gasteiger charge is -2.23. The van der Waals surface area contributed by atoms with E-state index in [4.69, 9.17) is 15.2 Å². The number of ether oxygens (including phenoxy) is 2. The molecule has 1 aromatic carbocycles. The van der Waals surface area contributed by atoms with Gasteiger partial charge in [0.2, 0.25) is 0 Å². The number of nitrogens with two attached hydrogens (primary N) is 1. The molecule has 0 spiro atoms. The minimum atomic E-state index is -0.0280. The van der Waals surface area contributed by atoms with Gasteiger partial charge < -0.3 is 15.2 Å². The summed E-state index contributed by atoms with van der Waals surface area (Å²) in [4.78, 5) is 0. The van der Waals surface area contributed by atoms with E-state index in [2.05, 4.69) is 32.0 Å². The zero-order valence-corrected chi connectivity index (χ0v) is 12.0. The van der Waals surface area contributed by atoms with Gasteiger partial charge in [0.05, 0.1) is 12.6 Å². The van der Waals surface area contributed by atoms with Crippen LogP contribution >= 0.6 is 0 Å². The topological polar surface area (TPSA) is 44.5 Å². The maximum Gasteiger partial charge on any atom is 0.0659 e. The van der Waals surface area contributed by atoms with E-state index < -0.39 is 0 Å². The fraction of sp³-hybridized carbons (Fsp3) is 0.625. The summed E-state index contributed by atoms with van der Waals surface area (Å²) >= 11 is 0. The number of hydrogen-bond donors (Lipinski definition) is 1. The molecule has 0 radical (unpaired) electrons. The molecule has 1 saturated heterocycles. The van der Waals surface area contributed by atoms with Crippen LogP contribution in [0.25, 0.3) is 0 Å². The van der Waals surface area contributed by atoms with Crippen molar-refractivity contribution in [3.8, 4) is 0 Å². The van der Waals surface area contributed by atoms with Crippen molar-refractivity contribution in [3.05, 3.63) is 34.9 Å². The SMILES string of the molecule is Cc1ccc(C)c(C(N)COCC2CCOCC2)c1. The molecule has 1 aliphatic rings. The van der Waals surface area contributed by atoms with Gasteiger partial charge in [-0.2, -0.15) is 0 Å². The van der Waals surface area contributed by atoms with Crippen molar-refractivity contribution >= 4 is 0 Å². The van der Waals surface area contributed by atoms with E-state index in [9.17, 15) is 0 Å². The van der Waals surface area contributed by atoms with Gasteiger partial charge in [0.15, 0.2) is 0 Å². The van der Waals surface area contributed by atoms with Crippen LogP contribution in [0.3, 0.4) is 0 Å². The van der Waals surface area contributed by atoms with Crippen LogP contribution < -0.4 is 5.73 Å². The van der Waals surface area contributed by atoms with Crippen LogP contribution in [0, 0.1) is 19.8 Å². The maximum atomic E-state index is 6.23. The monoisotopic (exact) mass is 263 g/mol. The second kappa shape index (κ2) is 7.04. The molecule has 1 atom stereocenters. The average Bonchev–Trinajstić information content (AvgIpc) is 2.42. The molecule has 0 amide bonds. The predicted octanol–water partition coefficient (Wildman–Crippen LogP) is 2.75. The van der Waals surface area contributed by atoms with Gasteiger partial charge in [-0.1, -0.05) is 23.8 Å². The van der Waals surface area contributed by atoms with Crippen molar-refractivity contribution in [2.75, 3.05) is 26.4 Å². The molecule has 0 aliphatic carbocycles. The molecular formula is C16H25NO2. The lowest BCUT2D eigenvalue weighted by atomic mass is 9.99. The first-order valence-corrected chi connectivity index (χ1v) is 7.15. The molecule has 0 saturated carbocycles. The fourth-order valence-corrected chi connectivity index (χ4v) is 2.52. The van der Waals surface area contributed by atoms with Crippen molar-refractivity contribution in [3.63, 3.8) is 0 Å². The lowest BCUT2D eigenvalue weighted by molar-refractivity contribution is 0.0174. The van der Waals surface area contributed by atoms with Gasteiger partial charge >= 0.3 is 0 Å². The highest BCUT2D eigenvalue weighted by atomic mass is 16.5. The first kappa shape index (κ1) is 14.5. The van der Waals surface area contributed by atoms with Gasteiger partial charge in [-0.3, -0.25) is 0 Å². The Morgan fingerprint density at radius 2 is 2.05 bits per heavy atom. The summed E-state index contributed by atoms with van der Waals surface area (Å²) < 4.78 is 11.1. The third-order valence-corrected chi connectivity index (χ3v) is 3.83. The number of aryl methyl sites for hydroxylation is 2. The molecular weight excluding hydrogens is 238 g/mol. The zero-order valence-electron chi connectivity index (χ0n) is 12.0. The standard InChI is InChI=1S/C16H25NO2/c1-12-3-4-13(2)15(9-12)16(17)11-19-10-14-5-7-18-8-6-14/h3-4,9,14,16H,5-8,10-11,17H2,1-2H3.